The number of hydrogen-bond donors (Lipinski definition) is 2. The van der Waals surface area contributed by atoms with Gasteiger partial charge >= 0.3 is 11.9 Å². The Morgan fingerprint density at radius 2 is 2.07 bits per heavy atom. The molecule has 2 N–H and O–H groups in total. The highest BCUT2D eigenvalue weighted by Gasteiger charge is 2.20. The summed E-state index contributed by atoms with van der Waals surface area (Å²) >= 11 is 1.19. The predicted octanol–water partition coefficient (Wildman–Crippen LogP) is 3.07. The molecule has 0 atom stereocenters. The molecule has 0 saturated heterocycles. The first-order chi connectivity index (χ1) is 13.1. The van der Waals surface area contributed by atoms with E-state index >= 15 is 0 Å². The standard InChI is InChI=1S/C18H17N3O5S/c1-2-25-9-8-14-15(19-18(27-14)20-16(22)17(23)24)12-10-13(26-21-12)11-6-4-3-5-7-11/h3-7,10H,2,8-9H2,1H3,(H,23,24)(H,19,20,22). The molecular weight excluding hydrogens is 370 g/mol. The Morgan fingerprint density at radius 3 is 2.78 bits per heavy atom. The number of amides is 1. The highest BCUT2D eigenvalue weighted by Crippen LogP contribution is 2.33. The smallest absolute Gasteiger partial charge is 0.394 e. The molecule has 3 rings (SSSR count). The van der Waals surface area contributed by atoms with Gasteiger partial charge in [0.25, 0.3) is 0 Å². The number of rotatable bonds is 7. The van der Waals surface area contributed by atoms with Crippen molar-refractivity contribution in [1.82, 2.24) is 10.1 Å². The van der Waals surface area contributed by atoms with Crippen LogP contribution in [-0.4, -0.2) is 40.3 Å². The lowest BCUT2D eigenvalue weighted by Crippen LogP contribution is -2.21. The van der Waals surface area contributed by atoms with Crippen LogP contribution in [0.25, 0.3) is 22.7 Å². The maximum absolute atomic E-state index is 11.4. The van der Waals surface area contributed by atoms with Gasteiger partial charge in [-0.1, -0.05) is 35.5 Å². The number of thiazole rings is 1. The normalized spacial score (nSPS) is 10.7. The lowest BCUT2D eigenvalue weighted by molar-refractivity contribution is -0.147. The highest BCUT2D eigenvalue weighted by atomic mass is 32.1. The van der Waals surface area contributed by atoms with Gasteiger partial charge < -0.3 is 14.4 Å². The van der Waals surface area contributed by atoms with E-state index in [1.807, 2.05) is 37.3 Å². The van der Waals surface area contributed by atoms with Gasteiger partial charge in [-0.15, -0.1) is 11.3 Å². The fourth-order valence-electron chi connectivity index (χ4n) is 2.36. The molecule has 8 nitrogen and oxygen atoms in total. The third-order valence-electron chi connectivity index (χ3n) is 3.60. The van der Waals surface area contributed by atoms with Gasteiger partial charge in [-0.05, 0) is 6.92 Å². The molecule has 0 aliphatic carbocycles. The average molecular weight is 387 g/mol. The number of carboxylic acid groups (broad SMARTS) is 1. The van der Waals surface area contributed by atoms with Crippen LogP contribution >= 0.6 is 11.3 Å². The Labute approximate surface area is 158 Å². The van der Waals surface area contributed by atoms with Crippen molar-refractivity contribution in [2.45, 2.75) is 13.3 Å². The second-order valence-corrected chi connectivity index (χ2v) is 6.52. The minimum absolute atomic E-state index is 0.188. The second-order valence-electron chi connectivity index (χ2n) is 5.44. The summed E-state index contributed by atoms with van der Waals surface area (Å²) in [6.07, 6.45) is 0.553. The Kier molecular flexibility index (Phi) is 5.94. The van der Waals surface area contributed by atoms with Crippen LogP contribution in [0.15, 0.2) is 40.9 Å². The minimum atomic E-state index is -1.57. The van der Waals surface area contributed by atoms with E-state index in [4.69, 9.17) is 14.4 Å². The van der Waals surface area contributed by atoms with E-state index in [0.29, 0.717) is 36.8 Å². The molecule has 0 spiro atoms. The van der Waals surface area contributed by atoms with Crippen LogP contribution in [0.5, 0.6) is 0 Å². The Balaban J connectivity index is 1.90. The molecule has 0 aliphatic rings. The summed E-state index contributed by atoms with van der Waals surface area (Å²) in [4.78, 5) is 27.3. The van der Waals surface area contributed by atoms with Crippen LogP contribution < -0.4 is 5.32 Å². The second kappa shape index (κ2) is 8.56. The van der Waals surface area contributed by atoms with E-state index in [-0.39, 0.29) is 5.13 Å². The number of hydrogen-bond acceptors (Lipinski definition) is 7. The van der Waals surface area contributed by atoms with Crippen LogP contribution in [-0.2, 0) is 20.7 Å². The van der Waals surface area contributed by atoms with Gasteiger partial charge in [-0.25, -0.2) is 9.78 Å². The molecular formula is C18H17N3O5S. The third kappa shape index (κ3) is 4.57. The fraction of sp³-hybridized carbons (Fsp3) is 0.222. The highest BCUT2D eigenvalue weighted by molar-refractivity contribution is 7.16. The molecule has 0 aliphatic heterocycles. The number of carboxylic acids is 1. The molecule has 27 heavy (non-hydrogen) atoms. The summed E-state index contributed by atoms with van der Waals surface area (Å²) in [5.41, 5.74) is 1.92. The van der Waals surface area contributed by atoms with Gasteiger partial charge in [0.1, 0.15) is 11.4 Å². The van der Waals surface area contributed by atoms with Crippen LogP contribution in [0, 0.1) is 0 Å². The Bertz CT molecular complexity index is 936. The van der Waals surface area contributed by atoms with Gasteiger partial charge in [0, 0.05) is 29.5 Å². The summed E-state index contributed by atoms with van der Waals surface area (Å²) in [7, 11) is 0. The minimum Gasteiger partial charge on any atom is -0.474 e. The molecule has 2 heterocycles. The lowest BCUT2D eigenvalue weighted by Gasteiger charge is -1.99. The van der Waals surface area contributed by atoms with Crippen LogP contribution in [0.3, 0.4) is 0 Å². The zero-order valence-corrected chi connectivity index (χ0v) is 15.3. The number of carbonyl (C=O) groups is 2. The zero-order valence-electron chi connectivity index (χ0n) is 14.5. The third-order valence-corrected chi connectivity index (χ3v) is 4.63. The average Bonchev–Trinajstić information content (AvgIpc) is 3.30. The summed E-state index contributed by atoms with van der Waals surface area (Å²) in [6.45, 7) is 2.95. The molecule has 2 aromatic heterocycles. The number of nitrogens with one attached hydrogen (secondary N) is 1. The maximum atomic E-state index is 11.4. The topological polar surface area (TPSA) is 115 Å². The summed E-state index contributed by atoms with van der Waals surface area (Å²) in [5.74, 6) is -2.13. The molecule has 0 unspecified atom stereocenters. The fourth-order valence-corrected chi connectivity index (χ4v) is 3.31. The number of aliphatic carboxylic acids is 1. The Hall–Kier alpha value is -3.04. The SMILES string of the molecule is CCOCCc1sc(NC(=O)C(=O)O)nc1-c1cc(-c2ccccc2)on1. The number of carbonyl (C=O) groups excluding carboxylic acids is 1. The number of aromatic nitrogens is 2. The van der Waals surface area contributed by atoms with E-state index in [9.17, 15) is 9.59 Å². The van der Waals surface area contributed by atoms with E-state index in [1.165, 1.54) is 11.3 Å². The van der Waals surface area contributed by atoms with Gasteiger partial charge in [-0.3, -0.25) is 10.1 Å². The van der Waals surface area contributed by atoms with E-state index in [1.54, 1.807) is 6.07 Å². The maximum Gasteiger partial charge on any atom is 0.394 e. The monoisotopic (exact) mass is 387 g/mol. The summed E-state index contributed by atoms with van der Waals surface area (Å²) < 4.78 is 10.8. The van der Waals surface area contributed by atoms with Crippen molar-refractivity contribution in [2.75, 3.05) is 18.5 Å². The zero-order chi connectivity index (χ0) is 19.2. The van der Waals surface area contributed by atoms with Crippen molar-refractivity contribution >= 4 is 28.3 Å². The van der Waals surface area contributed by atoms with Crippen molar-refractivity contribution in [3.63, 3.8) is 0 Å². The van der Waals surface area contributed by atoms with Crippen molar-refractivity contribution < 1.29 is 24.0 Å². The molecule has 1 aromatic carbocycles. The van der Waals surface area contributed by atoms with Gasteiger partial charge in [-0.2, -0.15) is 0 Å². The first kappa shape index (κ1) is 18.7. The van der Waals surface area contributed by atoms with Crippen molar-refractivity contribution in [3.8, 4) is 22.7 Å². The number of anilines is 1. The van der Waals surface area contributed by atoms with Crippen LogP contribution in [0.2, 0.25) is 0 Å². The molecule has 0 fully saturated rings. The van der Waals surface area contributed by atoms with Gasteiger partial charge in [0.2, 0.25) is 0 Å². The van der Waals surface area contributed by atoms with Gasteiger partial charge in [0.15, 0.2) is 10.9 Å². The number of ether oxygens (including phenoxy) is 1. The molecule has 0 radical (unpaired) electrons. The van der Waals surface area contributed by atoms with E-state index in [0.717, 1.165) is 10.4 Å². The number of benzene rings is 1. The first-order valence-electron chi connectivity index (χ1n) is 8.22. The Morgan fingerprint density at radius 1 is 1.30 bits per heavy atom. The van der Waals surface area contributed by atoms with Crippen LogP contribution in [0.1, 0.15) is 11.8 Å². The largest absolute Gasteiger partial charge is 0.474 e. The van der Waals surface area contributed by atoms with Gasteiger partial charge in [0.05, 0.1) is 6.61 Å². The van der Waals surface area contributed by atoms with Crippen LogP contribution in [0.4, 0.5) is 5.13 Å². The molecule has 140 valence electrons. The van der Waals surface area contributed by atoms with E-state index in [2.05, 4.69) is 15.5 Å². The quantitative estimate of drug-likeness (QED) is 0.473. The van der Waals surface area contributed by atoms with Crippen molar-refractivity contribution in [1.29, 1.82) is 0 Å². The summed E-state index contributed by atoms with van der Waals surface area (Å²) in [5, 5.41) is 15.3. The van der Waals surface area contributed by atoms with E-state index < -0.39 is 11.9 Å². The predicted molar refractivity (Wildman–Crippen MR) is 99.5 cm³/mol. The summed E-state index contributed by atoms with van der Waals surface area (Å²) in [6, 6.07) is 11.3. The number of nitrogens with zero attached hydrogens (tertiary/aromatic N) is 2. The lowest BCUT2D eigenvalue weighted by atomic mass is 10.1. The molecule has 3 aromatic rings. The molecule has 0 saturated carbocycles. The first-order valence-corrected chi connectivity index (χ1v) is 9.04. The molecule has 0 bridgehead atoms. The van der Waals surface area contributed by atoms with Crippen molar-refractivity contribution in [3.05, 3.63) is 41.3 Å². The molecule has 9 heteroatoms. The van der Waals surface area contributed by atoms with Crippen molar-refractivity contribution in [2.24, 2.45) is 0 Å². The molecule has 1 amide bonds.